The molecule has 232 valence electrons. The molecule has 1 aromatic carbocycles. The maximum absolute atomic E-state index is 10.6. The number of anilines is 2. The molecule has 0 spiro atoms. The van der Waals surface area contributed by atoms with Crippen LogP contribution in [0.3, 0.4) is 0 Å². The van der Waals surface area contributed by atoms with Gasteiger partial charge in [0.1, 0.15) is 35.2 Å². The van der Waals surface area contributed by atoms with Gasteiger partial charge < -0.3 is 25.3 Å². The summed E-state index contributed by atoms with van der Waals surface area (Å²) in [6.07, 6.45) is -5.60. The number of aliphatic carboxylic acids is 2. The molecule has 12 nitrogen and oxygen atoms in total. The number of fused-ring (bicyclic) bond motifs is 5. The number of nitrogens with one attached hydrogen (secondary N) is 2. The van der Waals surface area contributed by atoms with Crippen molar-refractivity contribution in [3.63, 3.8) is 0 Å². The van der Waals surface area contributed by atoms with E-state index in [1.165, 1.54) is 0 Å². The SMILES string of the molecule is CC(C#N)Oc1ccc(-c2nc3c([nH]2)-c2ccncc2Nc2ncccc2-3)c(C#N)c1.O=C(O)C(F)(F)F.O=C(O)C(F)(F)F. The number of hydrogen-bond acceptors (Lipinski definition) is 9. The van der Waals surface area contributed by atoms with Crippen molar-refractivity contribution in [3.8, 4) is 51.8 Å². The Labute approximate surface area is 248 Å². The minimum Gasteiger partial charge on any atom is -0.476 e. The number of H-pyrrole nitrogens is 1. The number of nitriles is 2. The first-order valence-corrected chi connectivity index (χ1v) is 12.0. The van der Waals surface area contributed by atoms with E-state index in [2.05, 4.69) is 26.3 Å². The zero-order valence-electron chi connectivity index (χ0n) is 22.4. The number of benzene rings is 1. The van der Waals surface area contributed by atoms with Gasteiger partial charge in [0.15, 0.2) is 6.10 Å². The number of imidazole rings is 1. The summed E-state index contributed by atoms with van der Waals surface area (Å²) in [4.78, 5) is 34.7. The maximum atomic E-state index is 10.6. The Morgan fingerprint density at radius 2 is 1.60 bits per heavy atom. The van der Waals surface area contributed by atoms with Crippen molar-refractivity contribution in [1.29, 1.82) is 10.5 Å². The van der Waals surface area contributed by atoms with Gasteiger partial charge >= 0.3 is 24.3 Å². The van der Waals surface area contributed by atoms with Crippen LogP contribution in [0.1, 0.15) is 12.5 Å². The summed E-state index contributed by atoms with van der Waals surface area (Å²) < 4.78 is 69.0. The zero-order valence-corrected chi connectivity index (χ0v) is 22.4. The van der Waals surface area contributed by atoms with Crippen molar-refractivity contribution in [1.82, 2.24) is 19.9 Å². The van der Waals surface area contributed by atoms with Gasteiger partial charge in [-0.3, -0.25) is 4.98 Å². The molecule has 18 heteroatoms. The number of carboxylic acid groups (broad SMARTS) is 2. The topological polar surface area (TPSA) is 198 Å². The molecule has 0 radical (unpaired) electrons. The third kappa shape index (κ3) is 8.23. The van der Waals surface area contributed by atoms with Crippen LogP contribution in [0.5, 0.6) is 5.75 Å². The van der Waals surface area contributed by atoms with Crippen molar-refractivity contribution >= 4 is 23.4 Å². The molecular formula is C27H17F6N7O5. The van der Waals surface area contributed by atoms with Crippen molar-refractivity contribution < 1.29 is 50.9 Å². The number of pyridine rings is 2. The number of aromatic amines is 1. The minimum absolute atomic E-state index is 0.394. The second-order valence-corrected chi connectivity index (χ2v) is 8.57. The second-order valence-electron chi connectivity index (χ2n) is 8.57. The normalized spacial score (nSPS) is 11.8. The Bertz CT molecular complexity index is 1720. The summed E-state index contributed by atoms with van der Waals surface area (Å²) in [5, 5.41) is 36.3. The number of alkyl halides is 6. The lowest BCUT2D eigenvalue weighted by molar-refractivity contribution is -0.193. The van der Waals surface area contributed by atoms with Crippen molar-refractivity contribution in [2.24, 2.45) is 0 Å². The van der Waals surface area contributed by atoms with E-state index in [1.54, 1.807) is 43.7 Å². The molecule has 0 saturated heterocycles. The van der Waals surface area contributed by atoms with E-state index in [4.69, 9.17) is 34.8 Å². The van der Waals surface area contributed by atoms with Gasteiger partial charge in [-0.2, -0.15) is 36.9 Å². The summed E-state index contributed by atoms with van der Waals surface area (Å²) in [7, 11) is 0. The Kier molecular flexibility index (Phi) is 9.94. The van der Waals surface area contributed by atoms with Crippen LogP contribution >= 0.6 is 0 Å². The van der Waals surface area contributed by atoms with E-state index in [0.29, 0.717) is 28.5 Å². The molecule has 1 unspecified atom stereocenters. The molecule has 0 saturated carbocycles. The number of ether oxygens (including phenoxy) is 1. The largest absolute Gasteiger partial charge is 0.490 e. The monoisotopic (exact) mass is 633 g/mol. The number of carboxylic acids is 2. The predicted octanol–water partition coefficient (Wildman–Crippen LogP) is 5.69. The summed E-state index contributed by atoms with van der Waals surface area (Å²) in [5.41, 5.74) is 5.14. The van der Waals surface area contributed by atoms with Crippen LogP contribution < -0.4 is 10.1 Å². The van der Waals surface area contributed by atoms with Gasteiger partial charge in [-0.1, -0.05) is 0 Å². The number of carbonyl (C=O) groups is 2. The van der Waals surface area contributed by atoms with E-state index in [9.17, 15) is 31.6 Å². The lowest BCUT2D eigenvalue weighted by atomic mass is 10.1. The molecule has 5 rings (SSSR count). The van der Waals surface area contributed by atoms with E-state index in [1.807, 2.05) is 24.3 Å². The standard InChI is InChI=1S/C23H15N7O.2C2HF3O2/c1-13(10-24)31-15-4-5-16(14(9-15)11-25)23-29-20-17-6-8-26-12-19(17)28-22-18(21(20)30-23)3-2-7-27-22;2*3-2(4,5)1(6)7/h2-9,12-13H,1H3,(H,27,28)(H,29,30);2*(H,6,7). The average Bonchev–Trinajstić information content (AvgIpc) is 3.37. The third-order valence-corrected chi connectivity index (χ3v) is 5.46. The molecule has 45 heavy (non-hydrogen) atoms. The molecule has 4 heterocycles. The fraction of sp³-hybridized carbons (Fsp3) is 0.148. The molecule has 1 aliphatic rings. The van der Waals surface area contributed by atoms with E-state index >= 15 is 0 Å². The van der Waals surface area contributed by atoms with Crippen LogP contribution in [0.25, 0.3) is 33.9 Å². The Morgan fingerprint density at radius 1 is 0.956 bits per heavy atom. The highest BCUT2D eigenvalue weighted by molar-refractivity contribution is 5.95. The Balaban J connectivity index is 0.000000331. The van der Waals surface area contributed by atoms with Crippen LogP contribution in [-0.2, 0) is 9.59 Å². The maximum Gasteiger partial charge on any atom is 0.490 e. The van der Waals surface area contributed by atoms with Gasteiger partial charge in [-0.15, -0.1) is 0 Å². The quantitative estimate of drug-likeness (QED) is 0.178. The van der Waals surface area contributed by atoms with Crippen molar-refractivity contribution in [2.75, 3.05) is 5.32 Å². The lowest BCUT2D eigenvalue weighted by Crippen LogP contribution is -2.21. The average molecular weight is 633 g/mol. The molecule has 0 aliphatic carbocycles. The Hall–Kier alpha value is -6.17. The molecule has 1 atom stereocenters. The highest BCUT2D eigenvalue weighted by atomic mass is 19.4. The smallest absolute Gasteiger partial charge is 0.476 e. The van der Waals surface area contributed by atoms with Crippen molar-refractivity contribution in [3.05, 3.63) is 60.6 Å². The van der Waals surface area contributed by atoms with E-state index < -0.39 is 30.4 Å². The predicted molar refractivity (Wildman–Crippen MR) is 142 cm³/mol. The number of hydrogen-bond donors (Lipinski definition) is 4. The van der Waals surface area contributed by atoms with Gasteiger partial charge in [0.25, 0.3) is 0 Å². The van der Waals surface area contributed by atoms with Crippen LogP contribution in [0.4, 0.5) is 37.8 Å². The number of aromatic nitrogens is 4. The molecule has 4 aromatic rings. The van der Waals surface area contributed by atoms with Gasteiger partial charge in [0.05, 0.1) is 23.1 Å². The molecule has 0 bridgehead atoms. The third-order valence-electron chi connectivity index (χ3n) is 5.46. The van der Waals surface area contributed by atoms with Gasteiger partial charge in [0.2, 0.25) is 0 Å². The molecule has 4 N–H and O–H groups in total. The van der Waals surface area contributed by atoms with Gasteiger partial charge in [-0.05, 0) is 43.3 Å². The zero-order chi connectivity index (χ0) is 33.5. The summed E-state index contributed by atoms with van der Waals surface area (Å²) >= 11 is 0. The first-order chi connectivity index (χ1) is 21.1. The van der Waals surface area contributed by atoms with Crippen LogP contribution in [0.2, 0.25) is 0 Å². The minimum atomic E-state index is -5.08. The number of halogens is 6. The number of rotatable bonds is 3. The molecule has 0 fully saturated rings. The number of nitrogens with zero attached hydrogens (tertiary/aromatic N) is 5. The van der Waals surface area contributed by atoms with Crippen LogP contribution in [0.15, 0.2) is 55.0 Å². The van der Waals surface area contributed by atoms with Crippen LogP contribution in [0, 0.1) is 22.7 Å². The van der Waals surface area contributed by atoms with Gasteiger partial charge in [0, 0.05) is 29.1 Å². The van der Waals surface area contributed by atoms with Crippen LogP contribution in [-0.4, -0.2) is 60.5 Å². The molecule has 0 amide bonds. The first kappa shape index (κ1) is 33.3. The summed E-state index contributed by atoms with van der Waals surface area (Å²) in [6, 6.07) is 15.0. The summed E-state index contributed by atoms with van der Waals surface area (Å²) in [5.74, 6) is -3.82. The fourth-order valence-electron chi connectivity index (χ4n) is 3.55. The highest BCUT2D eigenvalue weighted by Crippen LogP contribution is 2.43. The summed E-state index contributed by atoms with van der Waals surface area (Å²) in [6.45, 7) is 1.65. The van der Waals surface area contributed by atoms with Crippen molar-refractivity contribution in [2.45, 2.75) is 25.4 Å². The molecule has 3 aromatic heterocycles. The van der Waals surface area contributed by atoms with E-state index in [-0.39, 0.29) is 0 Å². The van der Waals surface area contributed by atoms with Gasteiger partial charge in [-0.25, -0.2) is 19.6 Å². The first-order valence-electron chi connectivity index (χ1n) is 12.0. The molecule has 1 aliphatic heterocycles. The van der Waals surface area contributed by atoms with E-state index in [0.717, 1.165) is 28.2 Å². The molecular weight excluding hydrogens is 616 g/mol. The lowest BCUT2D eigenvalue weighted by Gasteiger charge is -2.10. The second kappa shape index (κ2) is 13.4. The Morgan fingerprint density at radius 3 is 2.18 bits per heavy atom. The fourth-order valence-corrected chi connectivity index (χ4v) is 3.55. The highest BCUT2D eigenvalue weighted by Gasteiger charge is 2.39.